The van der Waals surface area contributed by atoms with E-state index < -0.39 is 0 Å². The summed E-state index contributed by atoms with van der Waals surface area (Å²) in [5.41, 5.74) is 3.92. The van der Waals surface area contributed by atoms with Crippen LogP contribution in [0.5, 0.6) is 0 Å². The maximum absolute atomic E-state index is 9.22. The van der Waals surface area contributed by atoms with Crippen LogP contribution in [-0.4, -0.2) is 63.6 Å². The topological polar surface area (TPSA) is 103 Å². The maximum atomic E-state index is 9.22. The molecule has 2 amide bonds. The van der Waals surface area contributed by atoms with Gasteiger partial charge in [-0.25, -0.2) is 9.59 Å². The number of carbonyl (C=O) groups is 2. The summed E-state index contributed by atoms with van der Waals surface area (Å²) >= 11 is 0. The molecule has 2 rings (SSSR count). The minimum Gasteiger partial charge on any atom is -0.317 e. The fourth-order valence-corrected chi connectivity index (χ4v) is 0.0417. The number of carbonyl (C=O) groups excluding carboxylic acids is 2. The van der Waals surface area contributed by atoms with Crippen molar-refractivity contribution in [3.63, 3.8) is 0 Å². The molecular formula is C2H2KN2O4. The van der Waals surface area contributed by atoms with Crippen molar-refractivity contribution >= 4 is 63.6 Å². The Morgan fingerprint density at radius 2 is 1.11 bits per heavy atom. The predicted octanol–water partition coefficient (Wildman–Crippen LogP) is -1.10. The molecular weight excluding hydrogens is 155 g/mol. The Bertz CT molecular complexity index is 109. The SMILES string of the molecule is O=C1NO1.O=C1NO1.[K]. The van der Waals surface area contributed by atoms with E-state index in [9.17, 15) is 9.59 Å². The third-order valence-electron chi connectivity index (χ3n) is 0.371. The van der Waals surface area contributed by atoms with Gasteiger partial charge in [0.2, 0.25) is 0 Å². The minimum absolute atomic E-state index is 0. The van der Waals surface area contributed by atoms with Crippen LogP contribution in [0.15, 0.2) is 0 Å². The Hall–Kier alpha value is 0.176. The fraction of sp³-hybridized carbons (Fsp3) is 0. The molecule has 9 heavy (non-hydrogen) atoms. The second-order valence-corrected chi connectivity index (χ2v) is 0.983. The first-order chi connectivity index (χ1) is 3.79. The summed E-state index contributed by atoms with van der Waals surface area (Å²) in [6.45, 7) is 0. The molecule has 7 heteroatoms. The average Bonchev–Trinajstić information content (AvgIpc) is 2.47. The van der Waals surface area contributed by atoms with E-state index in [0.717, 1.165) is 0 Å². The molecule has 0 aromatic heterocycles. The van der Waals surface area contributed by atoms with Gasteiger partial charge in [-0.2, -0.15) is 0 Å². The van der Waals surface area contributed by atoms with E-state index in [2.05, 4.69) is 9.68 Å². The minimum atomic E-state index is -0.333. The zero-order chi connectivity index (χ0) is 5.98. The zero-order valence-corrected chi connectivity index (χ0v) is 7.76. The molecule has 2 aliphatic rings. The monoisotopic (exact) mass is 157 g/mol. The maximum Gasteiger partial charge on any atom is 0.465 e. The summed E-state index contributed by atoms with van der Waals surface area (Å²) in [5, 5.41) is 0. The first-order valence-corrected chi connectivity index (χ1v) is 1.72. The van der Waals surface area contributed by atoms with E-state index in [0.29, 0.717) is 0 Å². The molecule has 45 valence electrons. The summed E-state index contributed by atoms with van der Waals surface area (Å²) in [6.07, 6.45) is -0.667. The number of hydrogen-bond donors (Lipinski definition) is 2. The smallest absolute Gasteiger partial charge is 0.317 e. The summed E-state index contributed by atoms with van der Waals surface area (Å²) in [4.78, 5) is 26.1. The Labute approximate surface area is 92.6 Å². The first-order valence-electron chi connectivity index (χ1n) is 1.72. The summed E-state index contributed by atoms with van der Waals surface area (Å²) < 4.78 is 0. The molecule has 0 aliphatic carbocycles. The van der Waals surface area contributed by atoms with Gasteiger partial charge in [0.05, 0.1) is 0 Å². The van der Waals surface area contributed by atoms with Gasteiger partial charge in [-0.1, -0.05) is 0 Å². The van der Waals surface area contributed by atoms with Crippen molar-refractivity contribution in [3.05, 3.63) is 0 Å². The molecule has 1 radical (unpaired) electrons. The van der Waals surface area contributed by atoms with Crippen molar-refractivity contribution in [1.82, 2.24) is 11.0 Å². The molecule has 6 nitrogen and oxygen atoms in total. The number of hydroxylamine groups is 2. The Balaban J connectivity index is 0.000000128. The molecule has 0 bridgehead atoms. The Morgan fingerprint density at radius 3 is 1.11 bits per heavy atom. The van der Waals surface area contributed by atoms with Gasteiger partial charge < -0.3 is 9.68 Å². The van der Waals surface area contributed by atoms with E-state index in [-0.39, 0.29) is 63.6 Å². The van der Waals surface area contributed by atoms with Crippen LogP contribution in [0.2, 0.25) is 0 Å². The van der Waals surface area contributed by atoms with Gasteiger partial charge in [0.25, 0.3) is 0 Å². The molecule has 2 aliphatic heterocycles. The molecule has 0 unspecified atom stereocenters. The largest absolute Gasteiger partial charge is 0.465 e. The van der Waals surface area contributed by atoms with Crippen LogP contribution < -0.4 is 11.0 Å². The normalized spacial score (nSPS) is 15.6. The van der Waals surface area contributed by atoms with Crippen LogP contribution in [0, 0.1) is 0 Å². The van der Waals surface area contributed by atoms with Crippen molar-refractivity contribution in [1.29, 1.82) is 0 Å². The van der Waals surface area contributed by atoms with E-state index >= 15 is 0 Å². The van der Waals surface area contributed by atoms with Crippen LogP contribution in [0.4, 0.5) is 9.59 Å². The number of rotatable bonds is 0. The Morgan fingerprint density at radius 1 is 1.00 bits per heavy atom. The van der Waals surface area contributed by atoms with Crippen molar-refractivity contribution in [2.75, 3.05) is 0 Å². The summed E-state index contributed by atoms with van der Waals surface area (Å²) in [7, 11) is 0. The van der Waals surface area contributed by atoms with Crippen LogP contribution in [0.1, 0.15) is 0 Å². The third-order valence-corrected chi connectivity index (χ3v) is 0.371. The molecule has 2 saturated heterocycles. The first kappa shape index (κ1) is 9.18. The van der Waals surface area contributed by atoms with Crippen molar-refractivity contribution in [2.24, 2.45) is 0 Å². The molecule has 0 aromatic carbocycles. The van der Waals surface area contributed by atoms with Gasteiger partial charge in [0.15, 0.2) is 0 Å². The molecule has 0 spiro atoms. The van der Waals surface area contributed by atoms with Gasteiger partial charge in [0.1, 0.15) is 0 Å². The van der Waals surface area contributed by atoms with Crippen LogP contribution in [-0.2, 0) is 9.68 Å². The van der Waals surface area contributed by atoms with Crippen molar-refractivity contribution in [2.45, 2.75) is 0 Å². The molecule has 0 saturated carbocycles. The average molecular weight is 157 g/mol. The summed E-state index contributed by atoms with van der Waals surface area (Å²) in [6, 6.07) is 0. The number of nitrogens with one attached hydrogen (secondary N) is 2. The fourth-order valence-electron chi connectivity index (χ4n) is 0.0417. The molecule has 0 aromatic rings. The van der Waals surface area contributed by atoms with Gasteiger partial charge in [-0.05, 0) is 0 Å². The second kappa shape index (κ2) is 4.07. The van der Waals surface area contributed by atoms with Gasteiger partial charge in [0, 0.05) is 51.4 Å². The quantitative estimate of drug-likeness (QED) is 0.344. The third kappa shape index (κ3) is 8.18. The molecule has 0 atom stereocenters. The zero-order valence-electron chi connectivity index (χ0n) is 4.63. The van der Waals surface area contributed by atoms with Gasteiger partial charge in [-0.15, -0.1) is 11.0 Å². The van der Waals surface area contributed by atoms with E-state index in [1.165, 1.54) is 0 Å². The van der Waals surface area contributed by atoms with Crippen molar-refractivity contribution in [3.8, 4) is 0 Å². The van der Waals surface area contributed by atoms with Gasteiger partial charge in [-0.3, -0.25) is 0 Å². The van der Waals surface area contributed by atoms with E-state index in [1.807, 2.05) is 11.0 Å². The molecule has 2 N–H and O–H groups in total. The van der Waals surface area contributed by atoms with Gasteiger partial charge >= 0.3 is 12.2 Å². The number of hydrogen-bond acceptors (Lipinski definition) is 4. The molecule has 2 heterocycles. The standard InChI is InChI=1S/2CHNO2.K/c2*3-1-2-4-1;/h2*(H,2,3);. The van der Waals surface area contributed by atoms with Crippen LogP contribution >= 0.6 is 0 Å². The Kier molecular flexibility index (Phi) is 4.15. The predicted molar refractivity (Wildman–Crippen MR) is 25.0 cm³/mol. The van der Waals surface area contributed by atoms with E-state index in [4.69, 9.17) is 0 Å². The summed E-state index contributed by atoms with van der Waals surface area (Å²) in [5.74, 6) is 0. The van der Waals surface area contributed by atoms with Crippen molar-refractivity contribution < 1.29 is 19.3 Å². The van der Waals surface area contributed by atoms with E-state index in [1.54, 1.807) is 0 Å². The number of amides is 2. The molecule has 2 fully saturated rings. The van der Waals surface area contributed by atoms with Crippen LogP contribution in [0.25, 0.3) is 0 Å². The second-order valence-electron chi connectivity index (χ2n) is 0.983. The van der Waals surface area contributed by atoms with Crippen LogP contribution in [0.3, 0.4) is 0 Å².